The summed E-state index contributed by atoms with van der Waals surface area (Å²) in [5.74, 6) is 0. The average molecular weight is 260 g/mol. The topological polar surface area (TPSA) is 35.3 Å². The van der Waals surface area contributed by atoms with Crippen LogP contribution in [0.2, 0.25) is 0 Å². The molecular formula is C16H12N4. The quantitative estimate of drug-likeness (QED) is 0.518. The first kappa shape index (κ1) is 11.0. The van der Waals surface area contributed by atoms with Crippen molar-refractivity contribution in [2.24, 2.45) is 0 Å². The summed E-state index contributed by atoms with van der Waals surface area (Å²) in [5, 5.41) is 8.95. The molecule has 4 aromatic rings. The second-order valence-corrected chi connectivity index (χ2v) is 4.61. The normalized spacial score (nSPS) is 11.0. The predicted molar refractivity (Wildman–Crippen MR) is 75.5 cm³/mol. The summed E-state index contributed by atoms with van der Waals surface area (Å²) >= 11 is 0. The van der Waals surface area contributed by atoms with Gasteiger partial charge in [-0.25, -0.2) is 0 Å². The molecule has 0 N–H and O–H groups in total. The molecule has 2 heterocycles. The summed E-state index contributed by atoms with van der Waals surface area (Å²) in [6, 6.07) is 22.2. The van der Waals surface area contributed by atoms with Crippen LogP contribution in [-0.4, -0.2) is 9.73 Å². The molecule has 20 heavy (non-hydrogen) atoms. The zero-order chi connectivity index (χ0) is 13.4. The molecule has 0 spiro atoms. The Hall–Kier alpha value is -2.88. The van der Waals surface area contributed by atoms with Crippen molar-refractivity contribution in [3.8, 4) is 16.8 Å². The molecule has 0 saturated carbocycles. The summed E-state index contributed by atoms with van der Waals surface area (Å²) in [5.41, 5.74) is 4.09. The summed E-state index contributed by atoms with van der Waals surface area (Å²) in [6.45, 7) is 0. The molecule has 0 amide bonds. The SMILES string of the molecule is c1ccc(-c2cc3[n-][n+](-c4ccccc4)nn3c2)cc1. The highest BCUT2D eigenvalue weighted by atomic mass is 15.6. The van der Waals surface area contributed by atoms with E-state index in [4.69, 9.17) is 0 Å². The summed E-state index contributed by atoms with van der Waals surface area (Å²) in [7, 11) is 0. The summed E-state index contributed by atoms with van der Waals surface area (Å²) in [6.07, 6.45) is 2.00. The fraction of sp³-hybridized carbons (Fsp3) is 0. The Balaban J connectivity index is 1.78. The van der Waals surface area contributed by atoms with Crippen molar-refractivity contribution in [2.75, 3.05) is 0 Å². The molecule has 0 saturated heterocycles. The predicted octanol–water partition coefficient (Wildman–Crippen LogP) is 2.24. The molecule has 0 aliphatic rings. The maximum Gasteiger partial charge on any atom is 0.200 e. The smallest absolute Gasteiger partial charge is 0.160 e. The van der Waals surface area contributed by atoms with Gasteiger partial charge in [0.05, 0.1) is 0 Å². The Labute approximate surface area is 115 Å². The molecule has 4 rings (SSSR count). The van der Waals surface area contributed by atoms with Gasteiger partial charge in [0.2, 0.25) is 0 Å². The molecule has 4 nitrogen and oxygen atoms in total. The maximum atomic E-state index is 4.50. The largest absolute Gasteiger partial charge is 0.200 e. The fourth-order valence-corrected chi connectivity index (χ4v) is 2.25. The number of tetrazole rings is 1. The van der Waals surface area contributed by atoms with Crippen LogP contribution in [0.15, 0.2) is 72.9 Å². The van der Waals surface area contributed by atoms with E-state index in [-0.39, 0.29) is 0 Å². The zero-order valence-electron chi connectivity index (χ0n) is 10.7. The third-order valence-electron chi connectivity index (χ3n) is 3.25. The Kier molecular flexibility index (Phi) is 2.39. The Morgan fingerprint density at radius 2 is 1.55 bits per heavy atom. The third kappa shape index (κ3) is 1.78. The third-order valence-corrected chi connectivity index (χ3v) is 3.25. The van der Waals surface area contributed by atoms with Gasteiger partial charge in [0.25, 0.3) is 0 Å². The molecule has 2 aromatic heterocycles. The molecule has 0 aliphatic heterocycles. The van der Waals surface area contributed by atoms with Gasteiger partial charge in [-0.2, -0.15) is 9.61 Å². The molecule has 0 aliphatic carbocycles. The van der Waals surface area contributed by atoms with Crippen LogP contribution in [0.25, 0.3) is 22.5 Å². The van der Waals surface area contributed by atoms with Crippen LogP contribution >= 0.6 is 0 Å². The van der Waals surface area contributed by atoms with Crippen molar-refractivity contribution in [3.63, 3.8) is 0 Å². The van der Waals surface area contributed by atoms with Crippen LogP contribution in [0.4, 0.5) is 0 Å². The Morgan fingerprint density at radius 1 is 0.850 bits per heavy atom. The molecular weight excluding hydrogens is 248 g/mol. The van der Waals surface area contributed by atoms with Gasteiger partial charge in [0.15, 0.2) is 11.3 Å². The van der Waals surface area contributed by atoms with Gasteiger partial charge in [-0.1, -0.05) is 48.5 Å². The first-order chi connectivity index (χ1) is 9.90. The molecule has 0 fully saturated rings. The highest BCUT2D eigenvalue weighted by Crippen LogP contribution is 2.20. The van der Waals surface area contributed by atoms with Gasteiger partial charge in [0, 0.05) is 11.6 Å². The molecule has 4 heteroatoms. The molecule has 0 bridgehead atoms. The molecule has 0 atom stereocenters. The number of para-hydroxylation sites is 1. The van der Waals surface area contributed by atoms with Crippen LogP contribution < -0.4 is 9.90 Å². The second-order valence-electron chi connectivity index (χ2n) is 4.61. The minimum atomic E-state index is 0.840. The fourth-order valence-electron chi connectivity index (χ4n) is 2.25. The molecule has 2 aromatic carbocycles. The molecule has 0 radical (unpaired) electrons. The van der Waals surface area contributed by atoms with E-state index in [9.17, 15) is 0 Å². The number of benzene rings is 2. The highest BCUT2D eigenvalue weighted by molar-refractivity contribution is 5.67. The van der Waals surface area contributed by atoms with E-state index in [1.165, 1.54) is 5.56 Å². The van der Waals surface area contributed by atoms with Crippen molar-refractivity contribution in [1.82, 2.24) is 14.8 Å². The van der Waals surface area contributed by atoms with E-state index < -0.39 is 0 Å². The number of nitrogens with zero attached hydrogens (tertiary/aromatic N) is 4. The van der Waals surface area contributed by atoms with Gasteiger partial charge >= 0.3 is 0 Å². The van der Waals surface area contributed by atoms with Crippen molar-refractivity contribution in [2.45, 2.75) is 0 Å². The van der Waals surface area contributed by atoms with Gasteiger partial charge < -0.3 is 0 Å². The van der Waals surface area contributed by atoms with E-state index in [1.54, 1.807) is 9.31 Å². The molecule has 96 valence electrons. The van der Waals surface area contributed by atoms with Gasteiger partial charge in [-0.3, -0.25) is 0 Å². The number of fused-ring (bicyclic) bond motifs is 1. The van der Waals surface area contributed by atoms with Crippen molar-refractivity contribution in [3.05, 3.63) is 72.9 Å². The van der Waals surface area contributed by atoms with Crippen LogP contribution in [0, 0.1) is 0 Å². The van der Waals surface area contributed by atoms with Crippen molar-refractivity contribution in [1.29, 1.82) is 0 Å². The van der Waals surface area contributed by atoms with Crippen LogP contribution in [0.3, 0.4) is 0 Å². The lowest BCUT2D eigenvalue weighted by Gasteiger charge is -1.95. The van der Waals surface area contributed by atoms with Crippen LogP contribution in [0.5, 0.6) is 0 Å². The Morgan fingerprint density at radius 3 is 2.25 bits per heavy atom. The number of rotatable bonds is 2. The average Bonchev–Trinajstić information content (AvgIpc) is 3.08. The van der Waals surface area contributed by atoms with E-state index in [0.717, 1.165) is 16.9 Å². The summed E-state index contributed by atoms with van der Waals surface area (Å²) < 4.78 is 1.80. The number of aromatic nitrogens is 4. The zero-order valence-corrected chi connectivity index (χ0v) is 10.7. The maximum absolute atomic E-state index is 4.50. The lowest BCUT2D eigenvalue weighted by molar-refractivity contribution is -0.721. The molecule has 0 unspecified atom stereocenters. The second kappa shape index (κ2) is 4.35. The van der Waals surface area contributed by atoms with Crippen molar-refractivity contribution >= 4 is 5.65 Å². The lowest BCUT2D eigenvalue weighted by Crippen LogP contribution is -2.38. The lowest BCUT2D eigenvalue weighted by atomic mass is 10.1. The number of hydrogen-bond acceptors (Lipinski definition) is 1. The van der Waals surface area contributed by atoms with Crippen LogP contribution in [0.1, 0.15) is 0 Å². The van der Waals surface area contributed by atoms with Gasteiger partial charge in [-0.05, 0) is 22.9 Å². The minimum Gasteiger partial charge on any atom is -0.160 e. The van der Waals surface area contributed by atoms with Crippen LogP contribution in [-0.2, 0) is 0 Å². The van der Waals surface area contributed by atoms with Gasteiger partial charge in [-0.15, -0.1) is 4.80 Å². The monoisotopic (exact) mass is 260 g/mol. The van der Waals surface area contributed by atoms with Crippen molar-refractivity contribution < 1.29 is 4.80 Å². The number of hydrogen-bond donors (Lipinski definition) is 0. The van der Waals surface area contributed by atoms with E-state index >= 15 is 0 Å². The highest BCUT2D eigenvalue weighted by Gasteiger charge is 2.10. The first-order valence-electron chi connectivity index (χ1n) is 6.47. The standard InChI is InChI=1S/C16H12N4/c1-3-7-13(8-4-1)14-11-16-17-20(18-19(16)12-14)15-9-5-2-6-10-15/h1-12H. The summed E-state index contributed by atoms with van der Waals surface area (Å²) in [4.78, 5) is 1.64. The Bertz CT molecular complexity index is 743. The van der Waals surface area contributed by atoms with E-state index in [2.05, 4.69) is 22.4 Å². The van der Waals surface area contributed by atoms with E-state index in [0.29, 0.717) is 0 Å². The minimum absolute atomic E-state index is 0.840. The van der Waals surface area contributed by atoms with Gasteiger partial charge in [0.1, 0.15) is 6.20 Å². The first-order valence-corrected chi connectivity index (χ1v) is 6.47. The van der Waals surface area contributed by atoms with E-state index in [1.807, 2.05) is 60.8 Å².